The molecule has 0 aromatic heterocycles. The number of hydrogen-bond acceptors (Lipinski definition) is 5. The molecule has 2 aliphatic heterocycles. The van der Waals surface area contributed by atoms with E-state index in [2.05, 4.69) is 15.4 Å². The predicted octanol–water partition coefficient (Wildman–Crippen LogP) is 4.06. The zero-order valence-electron chi connectivity index (χ0n) is 17.7. The van der Waals surface area contributed by atoms with Crippen LogP contribution in [0.3, 0.4) is 0 Å². The minimum absolute atomic E-state index is 0.106. The standard InChI is InChI=1S/C24H21N3O5S/c1-2-31-19-14-17(13-18-23(19)32-33(29,30)27-18)22-20(15-9-5-3-6-10-15)21(25-24(28)26-22)16-11-7-4-8-12-16/h3-14,22,27H,2H2,1H3,(H2,25,26,28). The van der Waals surface area contributed by atoms with E-state index in [0.717, 1.165) is 16.7 Å². The zero-order valence-corrected chi connectivity index (χ0v) is 18.5. The number of urea groups is 1. The molecule has 1 unspecified atom stereocenters. The van der Waals surface area contributed by atoms with Crippen LogP contribution in [0.15, 0.2) is 72.8 Å². The fourth-order valence-corrected chi connectivity index (χ4v) is 4.91. The molecule has 0 saturated carbocycles. The van der Waals surface area contributed by atoms with Crippen molar-refractivity contribution in [2.45, 2.75) is 13.0 Å². The quantitative estimate of drug-likeness (QED) is 0.529. The minimum Gasteiger partial charge on any atom is -0.490 e. The molecule has 3 N–H and O–H groups in total. The molecule has 2 aliphatic rings. The van der Waals surface area contributed by atoms with Crippen LogP contribution in [0.4, 0.5) is 10.5 Å². The van der Waals surface area contributed by atoms with E-state index in [9.17, 15) is 13.2 Å². The lowest BCUT2D eigenvalue weighted by Crippen LogP contribution is -2.43. The molecule has 2 heterocycles. The SMILES string of the molecule is CCOc1cc(C2NC(=O)NC(c3ccccc3)=C2c2ccccc2)cc2c1OS(=O)(=O)N2. The Hall–Kier alpha value is -3.98. The second kappa shape index (κ2) is 8.18. The molecular formula is C24H21N3O5S. The summed E-state index contributed by atoms with van der Waals surface area (Å²) in [6, 6.07) is 21.7. The summed E-state index contributed by atoms with van der Waals surface area (Å²) in [6.07, 6.45) is 0. The van der Waals surface area contributed by atoms with Crippen molar-refractivity contribution in [2.75, 3.05) is 11.3 Å². The molecule has 0 aliphatic carbocycles. The van der Waals surface area contributed by atoms with Crippen molar-refractivity contribution in [3.8, 4) is 11.5 Å². The molecule has 2 amide bonds. The van der Waals surface area contributed by atoms with Crippen molar-refractivity contribution in [3.63, 3.8) is 0 Å². The van der Waals surface area contributed by atoms with Gasteiger partial charge in [-0.1, -0.05) is 60.7 Å². The van der Waals surface area contributed by atoms with Gasteiger partial charge in [0.25, 0.3) is 0 Å². The van der Waals surface area contributed by atoms with Gasteiger partial charge in [0.05, 0.1) is 24.0 Å². The Morgan fingerprint density at radius 3 is 2.30 bits per heavy atom. The van der Waals surface area contributed by atoms with Crippen LogP contribution in [0.25, 0.3) is 11.3 Å². The van der Waals surface area contributed by atoms with E-state index < -0.39 is 16.3 Å². The van der Waals surface area contributed by atoms with Crippen molar-refractivity contribution in [1.82, 2.24) is 10.6 Å². The van der Waals surface area contributed by atoms with Gasteiger partial charge in [-0.2, -0.15) is 8.42 Å². The van der Waals surface area contributed by atoms with Crippen LogP contribution in [-0.4, -0.2) is 21.1 Å². The van der Waals surface area contributed by atoms with E-state index in [0.29, 0.717) is 17.9 Å². The molecule has 8 nitrogen and oxygen atoms in total. The van der Waals surface area contributed by atoms with Crippen LogP contribution >= 0.6 is 0 Å². The molecule has 3 aromatic rings. The maximum Gasteiger partial charge on any atom is 0.407 e. The van der Waals surface area contributed by atoms with Crippen molar-refractivity contribution in [3.05, 3.63) is 89.5 Å². The molecule has 0 bridgehead atoms. The van der Waals surface area contributed by atoms with Gasteiger partial charge in [0.15, 0.2) is 5.75 Å². The molecule has 168 valence electrons. The molecule has 0 radical (unpaired) electrons. The van der Waals surface area contributed by atoms with Gasteiger partial charge in [0, 0.05) is 5.57 Å². The van der Waals surface area contributed by atoms with Crippen LogP contribution in [-0.2, 0) is 10.3 Å². The van der Waals surface area contributed by atoms with Gasteiger partial charge < -0.3 is 19.6 Å². The molecule has 9 heteroatoms. The topological polar surface area (TPSA) is 106 Å². The number of anilines is 1. The fourth-order valence-electron chi connectivity index (χ4n) is 4.06. The third-order valence-corrected chi connectivity index (χ3v) is 6.21. The van der Waals surface area contributed by atoms with E-state index in [1.165, 1.54) is 0 Å². The fraction of sp³-hybridized carbons (Fsp3) is 0.125. The Bertz CT molecular complexity index is 1360. The van der Waals surface area contributed by atoms with Crippen LogP contribution < -0.4 is 24.3 Å². The second-order valence-corrected chi connectivity index (χ2v) is 8.80. The summed E-state index contributed by atoms with van der Waals surface area (Å²) in [7, 11) is -3.97. The van der Waals surface area contributed by atoms with Gasteiger partial charge in [0.2, 0.25) is 5.75 Å². The third kappa shape index (κ3) is 3.98. The molecule has 0 fully saturated rings. The first kappa shape index (κ1) is 20.9. The molecular weight excluding hydrogens is 442 g/mol. The normalized spacial score (nSPS) is 18.5. The zero-order chi connectivity index (χ0) is 23.0. The van der Waals surface area contributed by atoms with Crippen LogP contribution in [0.2, 0.25) is 0 Å². The smallest absolute Gasteiger partial charge is 0.407 e. The average Bonchev–Trinajstić information content (AvgIpc) is 3.14. The third-order valence-electron chi connectivity index (χ3n) is 5.36. The van der Waals surface area contributed by atoms with Gasteiger partial charge in [-0.05, 0) is 35.7 Å². The number of carbonyl (C=O) groups excluding carboxylic acids is 1. The highest BCUT2D eigenvalue weighted by atomic mass is 32.2. The van der Waals surface area contributed by atoms with E-state index in [1.54, 1.807) is 19.1 Å². The summed E-state index contributed by atoms with van der Waals surface area (Å²) in [4.78, 5) is 12.7. The number of hydrogen-bond donors (Lipinski definition) is 3. The Balaban J connectivity index is 1.73. The lowest BCUT2D eigenvalue weighted by molar-refractivity contribution is 0.242. The lowest BCUT2D eigenvalue weighted by Gasteiger charge is -2.31. The average molecular weight is 464 g/mol. The van der Waals surface area contributed by atoms with Gasteiger partial charge in [0.1, 0.15) is 0 Å². The number of nitrogens with one attached hydrogen (secondary N) is 3. The van der Waals surface area contributed by atoms with Gasteiger partial charge in [-0.15, -0.1) is 0 Å². The van der Waals surface area contributed by atoms with Crippen LogP contribution in [0, 0.1) is 0 Å². The molecule has 0 saturated heterocycles. The molecule has 33 heavy (non-hydrogen) atoms. The van der Waals surface area contributed by atoms with Crippen molar-refractivity contribution >= 4 is 33.3 Å². The van der Waals surface area contributed by atoms with Crippen molar-refractivity contribution in [2.24, 2.45) is 0 Å². The Morgan fingerprint density at radius 2 is 1.64 bits per heavy atom. The number of carbonyl (C=O) groups is 1. The maximum atomic E-state index is 12.7. The molecule has 3 aromatic carbocycles. The van der Waals surface area contributed by atoms with Gasteiger partial charge in [-0.25, -0.2) is 9.52 Å². The van der Waals surface area contributed by atoms with E-state index in [1.807, 2.05) is 60.7 Å². The van der Waals surface area contributed by atoms with E-state index >= 15 is 0 Å². The largest absolute Gasteiger partial charge is 0.490 e. The summed E-state index contributed by atoms with van der Waals surface area (Å²) in [6.45, 7) is 2.11. The Kier molecular flexibility index (Phi) is 5.18. The van der Waals surface area contributed by atoms with Crippen LogP contribution in [0.5, 0.6) is 11.5 Å². The summed E-state index contributed by atoms with van der Waals surface area (Å²) in [5.41, 5.74) is 4.18. The summed E-state index contributed by atoms with van der Waals surface area (Å²) < 4.78 is 37.2. The van der Waals surface area contributed by atoms with Gasteiger partial charge in [-0.3, -0.25) is 0 Å². The highest BCUT2D eigenvalue weighted by molar-refractivity contribution is 7.88. The summed E-state index contributed by atoms with van der Waals surface area (Å²) in [5.74, 6) is 0.384. The number of rotatable bonds is 5. The summed E-state index contributed by atoms with van der Waals surface area (Å²) >= 11 is 0. The maximum absolute atomic E-state index is 12.7. The number of fused-ring (bicyclic) bond motifs is 1. The first-order chi connectivity index (χ1) is 15.9. The van der Waals surface area contributed by atoms with Crippen LogP contribution in [0.1, 0.15) is 29.7 Å². The predicted molar refractivity (Wildman–Crippen MR) is 125 cm³/mol. The lowest BCUT2D eigenvalue weighted by atomic mass is 9.87. The van der Waals surface area contributed by atoms with Crippen molar-refractivity contribution < 1.29 is 22.1 Å². The molecule has 0 spiro atoms. The minimum atomic E-state index is -3.97. The monoisotopic (exact) mass is 463 g/mol. The Morgan fingerprint density at radius 1 is 0.970 bits per heavy atom. The first-order valence-corrected chi connectivity index (χ1v) is 11.8. The number of benzene rings is 3. The molecule has 5 rings (SSSR count). The molecule has 1 atom stereocenters. The number of amides is 2. The number of ether oxygens (including phenoxy) is 1. The van der Waals surface area contributed by atoms with E-state index in [-0.39, 0.29) is 23.2 Å². The highest BCUT2D eigenvalue weighted by Gasteiger charge is 2.34. The first-order valence-electron chi connectivity index (χ1n) is 10.4. The summed E-state index contributed by atoms with van der Waals surface area (Å²) in [5, 5.41) is 5.93. The second-order valence-electron chi connectivity index (χ2n) is 7.52. The van der Waals surface area contributed by atoms with Gasteiger partial charge >= 0.3 is 16.3 Å². The van der Waals surface area contributed by atoms with E-state index in [4.69, 9.17) is 8.92 Å². The Labute approximate surface area is 191 Å². The van der Waals surface area contributed by atoms with Crippen molar-refractivity contribution in [1.29, 1.82) is 0 Å². The highest BCUT2D eigenvalue weighted by Crippen LogP contribution is 2.46.